The van der Waals surface area contributed by atoms with Crippen molar-refractivity contribution >= 4 is 27.6 Å². The van der Waals surface area contributed by atoms with E-state index in [2.05, 4.69) is 39.7 Å². The molecule has 1 unspecified atom stereocenters. The van der Waals surface area contributed by atoms with E-state index in [-0.39, 0.29) is 11.6 Å². The van der Waals surface area contributed by atoms with Gasteiger partial charge in [0.2, 0.25) is 0 Å². The van der Waals surface area contributed by atoms with E-state index < -0.39 is 0 Å². The van der Waals surface area contributed by atoms with Crippen molar-refractivity contribution in [3.63, 3.8) is 0 Å². The number of aliphatic imine (C=N–C) groups is 1. The molecule has 0 aliphatic carbocycles. The first-order valence-corrected chi connectivity index (χ1v) is 7.13. The molecule has 104 valence electrons. The molecule has 2 rings (SSSR count). The van der Waals surface area contributed by atoms with Crippen molar-refractivity contribution in [3.8, 4) is 0 Å². The maximum atomic E-state index is 6.04. The van der Waals surface area contributed by atoms with E-state index in [4.69, 9.17) is 10.5 Å². The molecule has 0 saturated carbocycles. The van der Waals surface area contributed by atoms with Gasteiger partial charge in [0.05, 0.1) is 23.9 Å². The fourth-order valence-electron chi connectivity index (χ4n) is 2.32. The molecule has 1 aromatic rings. The minimum Gasteiger partial charge on any atom is -0.379 e. The summed E-state index contributed by atoms with van der Waals surface area (Å²) in [4.78, 5) is 6.47. The van der Waals surface area contributed by atoms with Crippen LogP contribution in [0.25, 0.3) is 0 Å². The highest BCUT2D eigenvalue weighted by atomic mass is 79.9. The van der Waals surface area contributed by atoms with Gasteiger partial charge in [0, 0.05) is 11.6 Å². The van der Waals surface area contributed by atoms with Gasteiger partial charge in [-0.15, -0.1) is 0 Å². The molecule has 0 saturated heterocycles. The van der Waals surface area contributed by atoms with Gasteiger partial charge >= 0.3 is 0 Å². The Kier molecular flexibility index (Phi) is 4.16. The quantitative estimate of drug-likeness (QED) is 0.926. The van der Waals surface area contributed by atoms with Crippen molar-refractivity contribution in [1.82, 2.24) is 0 Å². The molecule has 0 spiro atoms. The van der Waals surface area contributed by atoms with Gasteiger partial charge < -0.3 is 15.4 Å². The molecule has 19 heavy (non-hydrogen) atoms. The number of benzene rings is 1. The second-order valence-corrected chi connectivity index (χ2v) is 6.20. The number of para-hydroxylation sites is 1. The van der Waals surface area contributed by atoms with Gasteiger partial charge in [-0.3, -0.25) is 4.99 Å². The Labute approximate surface area is 122 Å². The maximum absolute atomic E-state index is 6.04. The molecular formula is C14H20BrN3O. The minimum absolute atomic E-state index is 0.190. The Morgan fingerprint density at radius 2 is 2.16 bits per heavy atom. The van der Waals surface area contributed by atoms with Crippen molar-refractivity contribution in [1.29, 1.82) is 0 Å². The summed E-state index contributed by atoms with van der Waals surface area (Å²) in [6.45, 7) is 4.87. The molecule has 5 heteroatoms. The van der Waals surface area contributed by atoms with Gasteiger partial charge in [-0.25, -0.2) is 0 Å². The monoisotopic (exact) mass is 325 g/mol. The maximum Gasteiger partial charge on any atom is 0.196 e. The van der Waals surface area contributed by atoms with Crippen LogP contribution in [0.4, 0.5) is 5.69 Å². The summed E-state index contributed by atoms with van der Waals surface area (Å²) in [6, 6.07) is 8.29. The first-order valence-electron chi connectivity index (χ1n) is 6.33. The van der Waals surface area contributed by atoms with Crippen molar-refractivity contribution in [2.24, 2.45) is 10.7 Å². The fourth-order valence-corrected chi connectivity index (χ4v) is 2.79. The van der Waals surface area contributed by atoms with Crippen LogP contribution >= 0.6 is 15.9 Å². The second-order valence-electron chi connectivity index (χ2n) is 5.34. The SMILES string of the molecule is COC(C)(C)CC1CN=C(N)N1c1ccccc1Br. The number of nitrogens with zero attached hydrogens (tertiary/aromatic N) is 2. The summed E-state index contributed by atoms with van der Waals surface area (Å²) >= 11 is 3.57. The Morgan fingerprint density at radius 3 is 2.79 bits per heavy atom. The minimum atomic E-state index is -0.190. The van der Waals surface area contributed by atoms with Crippen LogP contribution in [0.2, 0.25) is 0 Å². The Hall–Kier alpha value is -1.07. The fraction of sp³-hybridized carbons (Fsp3) is 0.500. The Balaban J connectivity index is 2.26. The number of halogens is 1. The molecule has 1 aromatic carbocycles. The smallest absolute Gasteiger partial charge is 0.196 e. The molecule has 0 fully saturated rings. The third-order valence-electron chi connectivity index (χ3n) is 3.47. The highest BCUT2D eigenvalue weighted by Gasteiger charge is 2.33. The molecule has 0 radical (unpaired) electrons. The van der Waals surface area contributed by atoms with Crippen LogP contribution in [0.3, 0.4) is 0 Å². The molecule has 1 aliphatic heterocycles. The van der Waals surface area contributed by atoms with E-state index in [0.717, 1.165) is 16.6 Å². The Bertz CT molecular complexity index is 487. The van der Waals surface area contributed by atoms with Crippen LogP contribution in [0.15, 0.2) is 33.7 Å². The van der Waals surface area contributed by atoms with Crippen LogP contribution in [0.1, 0.15) is 20.3 Å². The molecule has 1 heterocycles. The number of rotatable bonds is 4. The summed E-state index contributed by atoms with van der Waals surface area (Å²) in [5.41, 5.74) is 6.91. The average molecular weight is 326 g/mol. The average Bonchev–Trinajstić information content (AvgIpc) is 2.71. The zero-order valence-electron chi connectivity index (χ0n) is 11.6. The summed E-state index contributed by atoms with van der Waals surface area (Å²) in [7, 11) is 1.74. The normalized spacial score (nSPS) is 19.7. The van der Waals surface area contributed by atoms with Crippen molar-refractivity contribution in [2.45, 2.75) is 31.9 Å². The number of guanidine groups is 1. The van der Waals surface area contributed by atoms with E-state index in [9.17, 15) is 0 Å². The van der Waals surface area contributed by atoms with Gasteiger partial charge in [-0.1, -0.05) is 12.1 Å². The van der Waals surface area contributed by atoms with E-state index in [1.165, 1.54) is 0 Å². The van der Waals surface area contributed by atoms with E-state index >= 15 is 0 Å². The highest BCUT2D eigenvalue weighted by molar-refractivity contribution is 9.10. The van der Waals surface area contributed by atoms with Gasteiger partial charge in [0.1, 0.15) is 0 Å². The molecule has 0 bridgehead atoms. The molecule has 1 aliphatic rings. The number of hydrogen-bond donors (Lipinski definition) is 1. The lowest BCUT2D eigenvalue weighted by Gasteiger charge is -2.33. The number of anilines is 1. The lowest BCUT2D eigenvalue weighted by Crippen LogP contribution is -2.44. The van der Waals surface area contributed by atoms with Gasteiger partial charge in [0.15, 0.2) is 5.96 Å². The molecule has 2 N–H and O–H groups in total. The second kappa shape index (κ2) is 5.51. The van der Waals surface area contributed by atoms with Gasteiger partial charge in [-0.05, 0) is 48.3 Å². The van der Waals surface area contributed by atoms with Crippen LogP contribution in [-0.4, -0.2) is 31.3 Å². The predicted molar refractivity (Wildman–Crippen MR) is 82.6 cm³/mol. The summed E-state index contributed by atoms with van der Waals surface area (Å²) in [5.74, 6) is 0.573. The molecule has 0 amide bonds. The standard InChI is InChI=1S/C14H20BrN3O/c1-14(2,19-3)8-10-9-17-13(16)18(10)12-7-5-4-6-11(12)15/h4-7,10H,8-9H2,1-3H3,(H2,16,17). The third kappa shape index (κ3) is 3.09. The largest absolute Gasteiger partial charge is 0.379 e. The van der Waals surface area contributed by atoms with Crippen LogP contribution < -0.4 is 10.6 Å². The van der Waals surface area contributed by atoms with Crippen molar-refractivity contribution < 1.29 is 4.74 Å². The van der Waals surface area contributed by atoms with Crippen LogP contribution in [0.5, 0.6) is 0 Å². The van der Waals surface area contributed by atoms with Gasteiger partial charge in [-0.2, -0.15) is 0 Å². The van der Waals surface area contributed by atoms with Crippen LogP contribution in [0, 0.1) is 0 Å². The summed E-state index contributed by atoms with van der Waals surface area (Å²) in [6.07, 6.45) is 0.870. The third-order valence-corrected chi connectivity index (χ3v) is 4.14. The summed E-state index contributed by atoms with van der Waals surface area (Å²) in [5, 5.41) is 0. The highest BCUT2D eigenvalue weighted by Crippen LogP contribution is 2.32. The van der Waals surface area contributed by atoms with Crippen molar-refractivity contribution in [3.05, 3.63) is 28.7 Å². The Morgan fingerprint density at radius 1 is 1.47 bits per heavy atom. The lowest BCUT2D eigenvalue weighted by molar-refractivity contribution is 0.0114. The zero-order valence-corrected chi connectivity index (χ0v) is 13.1. The lowest BCUT2D eigenvalue weighted by atomic mass is 9.98. The summed E-state index contributed by atoms with van der Waals surface area (Å²) < 4.78 is 6.54. The van der Waals surface area contributed by atoms with E-state index in [0.29, 0.717) is 12.5 Å². The first kappa shape index (κ1) is 14.3. The number of methoxy groups -OCH3 is 1. The van der Waals surface area contributed by atoms with Crippen molar-refractivity contribution in [2.75, 3.05) is 18.6 Å². The predicted octanol–water partition coefficient (Wildman–Crippen LogP) is 2.77. The molecule has 1 atom stereocenters. The topological polar surface area (TPSA) is 50.9 Å². The van der Waals surface area contributed by atoms with E-state index in [1.54, 1.807) is 7.11 Å². The molecule has 0 aromatic heterocycles. The first-order chi connectivity index (χ1) is 8.94. The number of nitrogens with two attached hydrogens (primary N) is 1. The molecule has 4 nitrogen and oxygen atoms in total. The number of hydrogen-bond acceptors (Lipinski definition) is 4. The molecular weight excluding hydrogens is 306 g/mol. The van der Waals surface area contributed by atoms with E-state index in [1.807, 2.05) is 24.3 Å². The number of ether oxygens (including phenoxy) is 1. The van der Waals surface area contributed by atoms with Gasteiger partial charge in [0.25, 0.3) is 0 Å². The van der Waals surface area contributed by atoms with Crippen LogP contribution in [-0.2, 0) is 4.74 Å². The zero-order chi connectivity index (χ0) is 14.0.